The molecule has 0 bridgehead atoms. The molecule has 1 aromatic carbocycles. The SMILES string of the molecule is O=C(O)CCc1cccc2c1CCS2(=O)=O. The normalized spacial score (nSPS) is 17.0. The van der Waals surface area contributed by atoms with Gasteiger partial charge in [-0.1, -0.05) is 12.1 Å². The first-order chi connectivity index (χ1) is 7.50. The van der Waals surface area contributed by atoms with E-state index in [4.69, 9.17) is 5.11 Å². The van der Waals surface area contributed by atoms with Crippen LogP contribution < -0.4 is 0 Å². The van der Waals surface area contributed by atoms with Gasteiger partial charge in [-0.25, -0.2) is 8.42 Å². The van der Waals surface area contributed by atoms with Crippen molar-refractivity contribution in [3.63, 3.8) is 0 Å². The van der Waals surface area contributed by atoms with E-state index >= 15 is 0 Å². The van der Waals surface area contributed by atoms with Crippen molar-refractivity contribution >= 4 is 15.8 Å². The van der Waals surface area contributed by atoms with Gasteiger partial charge in [-0.3, -0.25) is 4.79 Å². The third-order valence-corrected chi connectivity index (χ3v) is 4.59. The molecule has 0 fully saturated rings. The molecule has 1 aliphatic rings. The number of hydrogen-bond acceptors (Lipinski definition) is 3. The number of aryl methyl sites for hydroxylation is 1. The fraction of sp³-hybridized carbons (Fsp3) is 0.364. The van der Waals surface area contributed by atoms with Gasteiger partial charge in [0.25, 0.3) is 0 Å². The average molecular weight is 240 g/mol. The first kappa shape index (κ1) is 11.1. The summed E-state index contributed by atoms with van der Waals surface area (Å²) in [6.07, 6.45) is 0.942. The van der Waals surface area contributed by atoms with Crippen molar-refractivity contribution < 1.29 is 18.3 Å². The Morgan fingerprint density at radius 1 is 1.38 bits per heavy atom. The zero-order valence-electron chi connectivity index (χ0n) is 8.64. The lowest BCUT2D eigenvalue weighted by molar-refractivity contribution is -0.136. The molecule has 0 radical (unpaired) electrons. The summed E-state index contributed by atoms with van der Waals surface area (Å²) in [6, 6.07) is 5.09. The van der Waals surface area contributed by atoms with Crippen molar-refractivity contribution in [3.8, 4) is 0 Å². The van der Waals surface area contributed by atoms with Gasteiger partial charge in [0, 0.05) is 6.42 Å². The predicted molar refractivity (Wildman–Crippen MR) is 58.2 cm³/mol. The third-order valence-electron chi connectivity index (χ3n) is 2.79. The standard InChI is InChI=1S/C11H12O4S/c12-11(13)5-4-8-2-1-3-10-9(8)6-7-16(10,14)15/h1-3H,4-7H2,(H,12,13). The molecule has 0 saturated heterocycles. The highest BCUT2D eigenvalue weighted by molar-refractivity contribution is 7.91. The number of rotatable bonds is 3. The molecule has 0 aliphatic carbocycles. The topological polar surface area (TPSA) is 71.4 Å². The van der Waals surface area contributed by atoms with Crippen LogP contribution in [0.25, 0.3) is 0 Å². The molecule has 0 aromatic heterocycles. The zero-order chi connectivity index (χ0) is 11.8. The molecule has 5 heteroatoms. The van der Waals surface area contributed by atoms with Crippen molar-refractivity contribution in [1.29, 1.82) is 0 Å². The average Bonchev–Trinajstić information content (AvgIpc) is 2.53. The number of aliphatic carboxylic acids is 1. The molecule has 4 nitrogen and oxygen atoms in total. The van der Waals surface area contributed by atoms with Crippen LogP contribution in [0.2, 0.25) is 0 Å². The molecule has 1 aromatic rings. The lowest BCUT2D eigenvalue weighted by Crippen LogP contribution is -2.01. The van der Waals surface area contributed by atoms with Crippen LogP contribution in [0, 0.1) is 0 Å². The molecule has 1 N–H and O–H groups in total. The van der Waals surface area contributed by atoms with Gasteiger partial charge in [-0.15, -0.1) is 0 Å². The number of carboxylic acids is 1. The van der Waals surface area contributed by atoms with Crippen LogP contribution in [0.3, 0.4) is 0 Å². The highest BCUT2D eigenvalue weighted by atomic mass is 32.2. The second kappa shape index (κ2) is 3.90. The fourth-order valence-corrected chi connectivity index (χ4v) is 3.60. The van der Waals surface area contributed by atoms with Crippen molar-refractivity contribution in [2.75, 3.05) is 5.75 Å². The minimum Gasteiger partial charge on any atom is -0.481 e. The van der Waals surface area contributed by atoms with E-state index in [0.717, 1.165) is 11.1 Å². The van der Waals surface area contributed by atoms with Crippen LogP contribution in [0.15, 0.2) is 23.1 Å². The molecule has 16 heavy (non-hydrogen) atoms. The Bertz CT molecular complexity index is 531. The molecule has 0 atom stereocenters. The van der Waals surface area contributed by atoms with E-state index in [-0.39, 0.29) is 12.2 Å². The number of carbonyl (C=O) groups is 1. The van der Waals surface area contributed by atoms with Crippen molar-refractivity contribution in [2.45, 2.75) is 24.2 Å². The summed E-state index contributed by atoms with van der Waals surface area (Å²) >= 11 is 0. The van der Waals surface area contributed by atoms with Crippen LogP contribution >= 0.6 is 0 Å². The lowest BCUT2D eigenvalue weighted by atomic mass is 10.0. The maximum atomic E-state index is 11.6. The fourth-order valence-electron chi connectivity index (χ4n) is 2.01. The highest BCUT2D eigenvalue weighted by Gasteiger charge is 2.27. The van der Waals surface area contributed by atoms with Crippen LogP contribution in [-0.4, -0.2) is 25.2 Å². The molecular weight excluding hydrogens is 228 g/mol. The largest absolute Gasteiger partial charge is 0.481 e. The van der Waals surface area contributed by atoms with Gasteiger partial charge >= 0.3 is 5.97 Å². The monoisotopic (exact) mass is 240 g/mol. The summed E-state index contributed by atoms with van der Waals surface area (Å²) in [7, 11) is -3.11. The summed E-state index contributed by atoms with van der Waals surface area (Å²) in [6.45, 7) is 0. The number of carboxylic acid groups (broad SMARTS) is 1. The van der Waals surface area contributed by atoms with E-state index in [2.05, 4.69) is 0 Å². The van der Waals surface area contributed by atoms with E-state index in [0.29, 0.717) is 17.7 Å². The molecule has 0 unspecified atom stereocenters. The van der Waals surface area contributed by atoms with E-state index in [1.165, 1.54) is 0 Å². The van der Waals surface area contributed by atoms with Gasteiger partial charge in [0.05, 0.1) is 10.6 Å². The van der Waals surface area contributed by atoms with Crippen LogP contribution in [0.5, 0.6) is 0 Å². The van der Waals surface area contributed by atoms with Gasteiger partial charge in [0.2, 0.25) is 0 Å². The molecule has 0 saturated carbocycles. The van der Waals surface area contributed by atoms with Gasteiger partial charge in [-0.05, 0) is 30.0 Å². The summed E-state index contributed by atoms with van der Waals surface area (Å²) < 4.78 is 23.3. The quantitative estimate of drug-likeness (QED) is 0.856. The van der Waals surface area contributed by atoms with Crippen LogP contribution in [0.1, 0.15) is 17.5 Å². The minimum absolute atomic E-state index is 0.0382. The summed E-state index contributed by atoms with van der Waals surface area (Å²) in [5.74, 6) is -0.717. The van der Waals surface area contributed by atoms with Crippen LogP contribution in [0.4, 0.5) is 0 Å². The Hall–Kier alpha value is -1.36. The predicted octanol–water partition coefficient (Wildman–Crippen LogP) is 1.03. The maximum absolute atomic E-state index is 11.6. The van der Waals surface area contributed by atoms with E-state index in [1.807, 2.05) is 6.07 Å². The minimum atomic E-state index is -3.11. The molecular formula is C11H12O4S. The first-order valence-corrected chi connectivity index (χ1v) is 6.71. The number of benzene rings is 1. The number of fused-ring (bicyclic) bond motifs is 1. The Labute approximate surface area is 93.8 Å². The Kier molecular flexibility index (Phi) is 2.71. The van der Waals surface area contributed by atoms with E-state index in [9.17, 15) is 13.2 Å². The van der Waals surface area contributed by atoms with Crippen molar-refractivity contribution in [1.82, 2.24) is 0 Å². The molecule has 1 aliphatic heterocycles. The van der Waals surface area contributed by atoms with Gasteiger partial charge in [0.1, 0.15) is 0 Å². The second-order valence-corrected chi connectivity index (χ2v) is 5.93. The van der Waals surface area contributed by atoms with E-state index in [1.54, 1.807) is 12.1 Å². The van der Waals surface area contributed by atoms with Crippen molar-refractivity contribution in [3.05, 3.63) is 29.3 Å². The number of hydrogen-bond donors (Lipinski definition) is 1. The third kappa shape index (κ3) is 1.95. The summed E-state index contributed by atoms with van der Waals surface area (Å²) in [5, 5.41) is 8.61. The molecule has 86 valence electrons. The second-order valence-electron chi connectivity index (χ2n) is 3.86. The first-order valence-electron chi connectivity index (χ1n) is 5.06. The maximum Gasteiger partial charge on any atom is 0.303 e. The van der Waals surface area contributed by atoms with Crippen LogP contribution in [-0.2, 0) is 27.5 Å². The molecule has 0 amide bonds. The van der Waals surface area contributed by atoms with Gasteiger partial charge < -0.3 is 5.11 Å². The molecule has 1 heterocycles. The Balaban J connectivity index is 2.36. The van der Waals surface area contributed by atoms with Crippen molar-refractivity contribution in [2.24, 2.45) is 0 Å². The zero-order valence-corrected chi connectivity index (χ0v) is 9.46. The summed E-state index contributed by atoms with van der Waals surface area (Å²) in [4.78, 5) is 10.9. The Morgan fingerprint density at radius 3 is 2.81 bits per heavy atom. The number of sulfone groups is 1. The van der Waals surface area contributed by atoms with E-state index < -0.39 is 15.8 Å². The van der Waals surface area contributed by atoms with Gasteiger partial charge in [0.15, 0.2) is 9.84 Å². The molecule has 2 rings (SSSR count). The highest BCUT2D eigenvalue weighted by Crippen LogP contribution is 2.29. The molecule has 0 spiro atoms. The smallest absolute Gasteiger partial charge is 0.303 e. The summed E-state index contributed by atoms with van der Waals surface area (Å²) in [5.41, 5.74) is 1.66. The lowest BCUT2D eigenvalue weighted by Gasteiger charge is -2.05. The Morgan fingerprint density at radius 2 is 2.12 bits per heavy atom. The van der Waals surface area contributed by atoms with Gasteiger partial charge in [-0.2, -0.15) is 0 Å².